The van der Waals surface area contributed by atoms with Gasteiger partial charge in [-0.15, -0.1) is 0 Å². The lowest BCUT2D eigenvalue weighted by molar-refractivity contribution is -0.107. The Morgan fingerprint density at radius 1 is 1.20 bits per heavy atom. The Labute approximate surface area is 278 Å². The van der Waals surface area contributed by atoms with Crippen LogP contribution in [-0.4, -0.2) is 67.9 Å². The molecule has 1 fully saturated rings. The molecule has 1 heterocycles. The Kier molecular flexibility index (Phi) is 34.1. The maximum absolute atomic E-state index is 12.6. The van der Waals surface area contributed by atoms with Gasteiger partial charge < -0.3 is 30.0 Å². The average Bonchev–Trinajstić information content (AvgIpc) is 2.98. The second-order valence-electron chi connectivity index (χ2n) is 10.4. The van der Waals surface area contributed by atoms with Gasteiger partial charge in [-0.25, -0.2) is 8.78 Å². The van der Waals surface area contributed by atoms with Gasteiger partial charge in [-0.05, 0) is 88.9 Å². The Morgan fingerprint density at radius 2 is 1.69 bits per heavy atom. The number of carbonyl (C=O) groups is 1. The number of hydrogen-bond donors (Lipinski definition) is 3. The number of piperidine rings is 1. The third kappa shape index (κ3) is 28.4. The highest BCUT2D eigenvalue weighted by molar-refractivity contribution is 6.32. The molecule has 1 saturated heterocycles. The van der Waals surface area contributed by atoms with Crippen molar-refractivity contribution < 1.29 is 28.5 Å². The van der Waals surface area contributed by atoms with Crippen LogP contribution in [0.2, 0.25) is 5.02 Å². The second kappa shape index (κ2) is 31.2. The molecule has 2 rings (SSSR count). The summed E-state index contributed by atoms with van der Waals surface area (Å²) in [4.78, 5) is 13.3. The van der Waals surface area contributed by atoms with Crippen molar-refractivity contribution in [1.29, 1.82) is 0 Å². The first-order chi connectivity index (χ1) is 21.1. The molecule has 1 aromatic carbocycles. The number of allylic oxidation sites excluding steroid dienone is 6. The van der Waals surface area contributed by atoms with Crippen LogP contribution in [0.1, 0.15) is 74.7 Å². The minimum Gasteiger partial charge on any atom is -0.491 e. The van der Waals surface area contributed by atoms with Crippen molar-refractivity contribution in [3.8, 4) is 5.75 Å². The Bertz CT molecular complexity index is 996. The third-order valence-electron chi connectivity index (χ3n) is 5.62. The lowest BCUT2D eigenvalue weighted by atomic mass is 9.82. The molecule has 0 amide bonds. The molecule has 6 nitrogen and oxygen atoms in total. The van der Waals surface area contributed by atoms with Crippen LogP contribution in [0.3, 0.4) is 0 Å². The average molecular weight is 659 g/mol. The minimum atomic E-state index is -0.481. The molecule has 1 aliphatic rings. The molecule has 0 atom stereocenters. The first-order valence-corrected chi connectivity index (χ1v) is 15.6. The lowest BCUT2D eigenvalue weighted by Gasteiger charge is -2.39. The summed E-state index contributed by atoms with van der Waals surface area (Å²) in [7, 11) is 2.83. The molecule has 0 spiro atoms. The van der Waals surface area contributed by atoms with Crippen molar-refractivity contribution in [2.45, 2.75) is 80.8 Å². The molecule has 9 heteroatoms. The van der Waals surface area contributed by atoms with Crippen LogP contribution >= 0.6 is 11.6 Å². The highest BCUT2D eigenvalue weighted by Crippen LogP contribution is 2.33. The maximum atomic E-state index is 12.6. The fourth-order valence-electron chi connectivity index (χ4n) is 3.34. The standard InChI is InChI=1S/C17H27NO.C9H11ClFNO.C4H5F.C3H8O.C2H6.CH4O/c1-6-7-16(15(8-13-19)14(2)3)18-11-9-17(4,5)10-12-18;1-12-4-5-13-9-3-2-7(11)6-8(9)10;1-3-4(2)5;1-3(2)4;2*1-2/h6-7,13H,2,8-12H2,1,3-5H3;2-3,6,12H,4-5H2,1H3;3H,1-2H2;3-4H,1-2H3;1-2H3;2H,1H3/b7-6-,16-15+;;;;;. The van der Waals surface area contributed by atoms with E-state index >= 15 is 0 Å². The fraction of sp³-hybridized carbons (Fsp3) is 0.528. The Balaban J connectivity index is -0.000000278. The number of likely N-dealkylation sites (N-methyl/N-ethyl adjacent to an activating group) is 1. The van der Waals surface area contributed by atoms with Crippen LogP contribution in [0.5, 0.6) is 5.75 Å². The Morgan fingerprint density at radius 3 is 2.04 bits per heavy atom. The molecule has 0 radical (unpaired) electrons. The number of carbonyl (C=O) groups excluding carboxylic acids is 1. The van der Waals surface area contributed by atoms with Crippen molar-refractivity contribution in [3.05, 3.63) is 89.7 Å². The van der Waals surface area contributed by atoms with E-state index in [1.807, 2.05) is 40.8 Å². The van der Waals surface area contributed by atoms with Gasteiger partial charge in [-0.3, -0.25) is 0 Å². The predicted molar refractivity (Wildman–Crippen MR) is 190 cm³/mol. The number of aliphatic hydroxyl groups is 2. The highest BCUT2D eigenvalue weighted by Gasteiger charge is 2.26. The maximum Gasteiger partial charge on any atom is 0.138 e. The molecular formula is C36H61ClF2N2O4. The van der Waals surface area contributed by atoms with Crippen LogP contribution in [0.4, 0.5) is 8.78 Å². The Hall–Kier alpha value is -2.78. The van der Waals surface area contributed by atoms with Gasteiger partial charge in [0.15, 0.2) is 0 Å². The summed E-state index contributed by atoms with van der Waals surface area (Å²) in [5, 5.41) is 18.3. The molecule has 0 bridgehead atoms. The predicted octanol–water partition coefficient (Wildman–Crippen LogP) is 8.86. The number of benzene rings is 1. The molecule has 0 aliphatic carbocycles. The van der Waals surface area contributed by atoms with Crippen molar-refractivity contribution in [2.24, 2.45) is 5.41 Å². The van der Waals surface area contributed by atoms with Gasteiger partial charge in [0, 0.05) is 45.0 Å². The van der Waals surface area contributed by atoms with Gasteiger partial charge in [0.25, 0.3) is 0 Å². The SMILES string of the molecule is C=C(C)/C(CC=O)=C(\C=C/C)N1CCC(C)(C)CC1.C=CC(=C)F.CC.CC(C)O.CNCCOc1ccc(F)cc1Cl.CO. The summed E-state index contributed by atoms with van der Waals surface area (Å²) in [6.07, 6.45) is 8.86. The first-order valence-electron chi connectivity index (χ1n) is 15.2. The number of nitrogens with zero attached hydrogens (tertiary/aromatic N) is 1. The molecule has 1 aliphatic heterocycles. The van der Waals surface area contributed by atoms with E-state index in [1.54, 1.807) is 13.8 Å². The molecule has 45 heavy (non-hydrogen) atoms. The van der Waals surface area contributed by atoms with Crippen molar-refractivity contribution in [3.63, 3.8) is 0 Å². The van der Waals surface area contributed by atoms with Crippen LogP contribution in [0.25, 0.3) is 0 Å². The third-order valence-corrected chi connectivity index (χ3v) is 5.91. The summed E-state index contributed by atoms with van der Waals surface area (Å²) in [5.74, 6) is -0.325. The van der Waals surface area contributed by atoms with E-state index in [0.29, 0.717) is 29.2 Å². The summed E-state index contributed by atoms with van der Waals surface area (Å²) < 4.78 is 29.0. The van der Waals surface area contributed by atoms with Gasteiger partial charge in [-0.1, -0.05) is 70.7 Å². The second-order valence-corrected chi connectivity index (χ2v) is 10.8. The molecule has 0 aromatic heterocycles. The van der Waals surface area contributed by atoms with Crippen molar-refractivity contribution in [1.82, 2.24) is 10.2 Å². The topological polar surface area (TPSA) is 82.0 Å². The van der Waals surface area contributed by atoms with E-state index in [-0.39, 0.29) is 11.9 Å². The normalized spacial score (nSPS) is 13.3. The number of aldehydes is 1. The number of halogens is 3. The smallest absolute Gasteiger partial charge is 0.138 e. The van der Waals surface area contributed by atoms with E-state index in [4.69, 9.17) is 26.6 Å². The fourth-order valence-corrected chi connectivity index (χ4v) is 3.57. The van der Waals surface area contributed by atoms with Gasteiger partial charge in [-0.2, -0.15) is 0 Å². The lowest BCUT2D eigenvalue weighted by Crippen LogP contribution is -2.37. The monoisotopic (exact) mass is 658 g/mol. The van der Waals surface area contributed by atoms with Crippen molar-refractivity contribution in [2.75, 3.05) is 40.4 Å². The van der Waals surface area contributed by atoms with Gasteiger partial charge in [0.1, 0.15) is 30.3 Å². The zero-order valence-electron chi connectivity index (χ0n) is 29.5. The zero-order valence-corrected chi connectivity index (χ0v) is 30.2. The van der Waals surface area contributed by atoms with Crippen LogP contribution in [0, 0.1) is 11.2 Å². The van der Waals surface area contributed by atoms with Gasteiger partial charge in [0.2, 0.25) is 0 Å². The molecule has 1 aromatic rings. The number of aliphatic hydroxyl groups excluding tert-OH is 2. The quantitative estimate of drug-likeness (QED) is 0.132. The van der Waals surface area contributed by atoms with Crippen LogP contribution in [-0.2, 0) is 4.79 Å². The number of rotatable bonds is 10. The number of hydrogen-bond acceptors (Lipinski definition) is 6. The van der Waals surface area contributed by atoms with Gasteiger partial charge >= 0.3 is 0 Å². The summed E-state index contributed by atoms with van der Waals surface area (Å²) in [6.45, 7) is 29.5. The zero-order chi connectivity index (χ0) is 36.0. The van der Waals surface area contributed by atoms with E-state index in [2.05, 4.69) is 49.9 Å². The van der Waals surface area contributed by atoms with Crippen LogP contribution < -0.4 is 10.1 Å². The largest absolute Gasteiger partial charge is 0.491 e. The molecule has 260 valence electrons. The molecular weight excluding hydrogens is 598 g/mol. The summed E-state index contributed by atoms with van der Waals surface area (Å²) in [5.41, 5.74) is 3.68. The van der Waals surface area contributed by atoms with Crippen molar-refractivity contribution >= 4 is 17.9 Å². The molecule has 0 saturated carbocycles. The number of nitrogens with one attached hydrogen (secondary N) is 1. The van der Waals surface area contributed by atoms with Crippen LogP contribution in [0.15, 0.2) is 78.8 Å². The molecule has 0 unspecified atom stereocenters. The number of likely N-dealkylation sites (tertiary alicyclic amines) is 1. The summed E-state index contributed by atoms with van der Waals surface area (Å²) >= 11 is 5.72. The van der Waals surface area contributed by atoms with E-state index in [1.165, 1.54) is 36.7 Å². The van der Waals surface area contributed by atoms with E-state index in [0.717, 1.165) is 50.3 Å². The molecule has 3 N–H and O–H groups in total. The summed E-state index contributed by atoms with van der Waals surface area (Å²) in [6, 6.07) is 4.07. The van der Waals surface area contributed by atoms with Gasteiger partial charge in [0.05, 0.1) is 5.02 Å². The highest BCUT2D eigenvalue weighted by atomic mass is 35.5. The van der Waals surface area contributed by atoms with E-state index < -0.39 is 5.83 Å². The first kappa shape index (κ1) is 49.1. The minimum absolute atomic E-state index is 0.167. The van der Waals surface area contributed by atoms with E-state index in [9.17, 15) is 13.6 Å². The number of ether oxygens (including phenoxy) is 1.